The van der Waals surface area contributed by atoms with Crippen molar-refractivity contribution in [3.63, 3.8) is 0 Å². The number of para-hydroxylation sites is 2. The molecule has 126 valence electrons. The summed E-state index contributed by atoms with van der Waals surface area (Å²) in [6.45, 7) is 3.98. The van der Waals surface area contributed by atoms with E-state index in [1.165, 1.54) is 5.52 Å². The van der Waals surface area contributed by atoms with Gasteiger partial charge in [0.1, 0.15) is 17.7 Å². The van der Waals surface area contributed by atoms with Gasteiger partial charge in [0, 0.05) is 31.7 Å². The summed E-state index contributed by atoms with van der Waals surface area (Å²) < 4.78 is 2.43. The normalized spacial score (nSPS) is 15.4. The van der Waals surface area contributed by atoms with Crippen molar-refractivity contribution in [3.8, 4) is 6.07 Å². The maximum Gasteiger partial charge on any atom is 0.146 e. The summed E-state index contributed by atoms with van der Waals surface area (Å²) in [7, 11) is 0. The van der Waals surface area contributed by atoms with Crippen LogP contribution in [0.3, 0.4) is 0 Å². The number of hydrogen-bond donors (Lipinski definition) is 0. The van der Waals surface area contributed by atoms with Crippen molar-refractivity contribution in [3.05, 3.63) is 54.0 Å². The van der Waals surface area contributed by atoms with Gasteiger partial charge in [0.05, 0.1) is 16.6 Å². The third-order valence-corrected chi connectivity index (χ3v) is 5.02. The van der Waals surface area contributed by atoms with Crippen molar-refractivity contribution < 1.29 is 0 Å². The van der Waals surface area contributed by atoms with Crippen molar-refractivity contribution in [1.29, 1.82) is 5.26 Å². The van der Waals surface area contributed by atoms with E-state index in [-0.39, 0.29) is 0 Å². The molecule has 1 saturated heterocycles. The van der Waals surface area contributed by atoms with Gasteiger partial charge >= 0.3 is 0 Å². The van der Waals surface area contributed by atoms with Crippen LogP contribution in [0.4, 0.5) is 5.82 Å². The van der Waals surface area contributed by atoms with E-state index in [0.29, 0.717) is 11.6 Å². The molecule has 1 aliphatic heterocycles. The number of aryl methyl sites for hydroxylation is 1. The number of nitrogens with zero attached hydrogens (tertiary/aromatic N) is 5. The highest BCUT2D eigenvalue weighted by Gasteiger charge is 2.25. The molecule has 25 heavy (non-hydrogen) atoms. The summed E-state index contributed by atoms with van der Waals surface area (Å²) in [6.07, 6.45) is 4.78. The van der Waals surface area contributed by atoms with E-state index < -0.39 is 0 Å². The molecule has 5 heteroatoms. The Bertz CT molecular complexity index is 929. The second-order valence-electron chi connectivity index (χ2n) is 6.44. The summed E-state index contributed by atoms with van der Waals surface area (Å²) >= 11 is 0. The van der Waals surface area contributed by atoms with E-state index in [2.05, 4.69) is 45.6 Å². The van der Waals surface area contributed by atoms with E-state index in [0.717, 1.165) is 49.5 Å². The van der Waals surface area contributed by atoms with E-state index in [1.807, 2.05) is 18.2 Å². The average molecular weight is 331 g/mol. The lowest BCUT2D eigenvalue weighted by Crippen LogP contribution is -2.36. The largest absolute Gasteiger partial charge is 0.355 e. The second-order valence-corrected chi connectivity index (χ2v) is 6.44. The zero-order valence-electron chi connectivity index (χ0n) is 14.4. The zero-order valence-corrected chi connectivity index (χ0v) is 14.4. The molecule has 3 aromatic rings. The van der Waals surface area contributed by atoms with Gasteiger partial charge in [-0.05, 0) is 37.1 Å². The maximum absolute atomic E-state index is 9.31. The Kier molecular flexibility index (Phi) is 4.10. The highest BCUT2D eigenvalue weighted by molar-refractivity contribution is 5.76. The topological polar surface area (TPSA) is 57.7 Å². The van der Waals surface area contributed by atoms with Gasteiger partial charge in [-0.3, -0.25) is 0 Å². The van der Waals surface area contributed by atoms with E-state index in [1.54, 1.807) is 6.20 Å². The van der Waals surface area contributed by atoms with Gasteiger partial charge in [-0.15, -0.1) is 0 Å². The van der Waals surface area contributed by atoms with Crippen molar-refractivity contribution in [2.45, 2.75) is 32.2 Å². The Balaban J connectivity index is 1.60. The summed E-state index contributed by atoms with van der Waals surface area (Å²) in [4.78, 5) is 11.5. The van der Waals surface area contributed by atoms with Crippen molar-refractivity contribution in [1.82, 2.24) is 14.5 Å². The SMILES string of the molecule is CCc1nc2ccccc2n1C1CCN(c2ncccc2C#N)CC1. The van der Waals surface area contributed by atoms with Crippen molar-refractivity contribution in [2.24, 2.45) is 0 Å². The molecule has 0 spiro atoms. The minimum absolute atomic E-state index is 0.452. The first-order chi connectivity index (χ1) is 12.3. The first-order valence-electron chi connectivity index (χ1n) is 8.87. The quantitative estimate of drug-likeness (QED) is 0.734. The van der Waals surface area contributed by atoms with Gasteiger partial charge in [-0.2, -0.15) is 5.26 Å². The van der Waals surface area contributed by atoms with Crippen LogP contribution in [0.5, 0.6) is 0 Å². The molecule has 2 aromatic heterocycles. The number of rotatable bonds is 3. The monoisotopic (exact) mass is 331 g/mol. The van der Waals surface area contributed by atoms with Crippen LogP contribution in [0.15, 0.2) is 42.6 Å². The van der Waals surface area contributed by atoms with Gasteiger partial charge in [0.2, 0.25) is 0 Å². The third kappa shape index (κ3) is 2.74. The molecule has 0 saturated carbocycles. The Labute approximate surface area is 147 Å². The number of nitriles is 1. The fourth-order valence-corrected chi connectivity index (χ4v) is 3.82. The fourth-order valence-electron chi connectivity index (χ4n) is 3.82. The molecule has 0 amide bonds. The maximum atomic E-state index is 9.31. The van der Waals surface area contributed by atoms with Gasteiger partial charge in [0.25, 0.3) is 0 Å². The second kappa shape index (κ2) is 6.56. The highest BCUT2D eigenvalue weighted by Crippen LogP contribution is 2.31. The lowest BCUT2D eigenvalue weighted by Gasteiger charge is -2.34. The van der Waals surface area contributed by atoms with Crippen LogP contribution in [0.1, 0.15) is 37.2 Å². The summed E-state index contributed by atoms with van der Waals surface area (Å²) in [5.41, 5.74) is 2.97. The number of fused-ring (bicyclic) bond motifs is 1. The Morgan fingerprint density at radius 2 is 1.96 bits per heavy atom. The molecule has 1 aliphatic rings. The zero-order chi connectivity index (χ0) is 17.2. The predicted octanol–water partition coefficient (Wildman–Crippen LogP) is 3.71. The number of pyridine rings is 1. The van der Waals surface area contributed by atoms with Crippen LogP contribution in [-0.4, -0.2) is 27.6 Å². The molecular weight excluding hydrogens is 310 g/mol. The molecular formula is C20H21N5. The van der Waals surface area contributed by atoms with E-state index in [9.17, 15) is 5.26 Å². The number of anilines is 1. The Hall–Kier alpha value is -2.87. The molecule has 3 heterocycles. The third-order valence-electron chi connectivity index (χ3n) is 5.02. The van der Waals surface area contributed by atoms with E-state index >= 15 is 0 Å². The Morgan fingerprint density at radius 3 is 2.72 bits per heavy atom. The predicted molar refractivity (Wildman–Crippen MR) is 98.5 cm³/mol. The number of imidazole rings is 1. The smallest absolute Gasteiger partial charge is 0.146 e. The average Bonchev–Trinajstić information content (AvgIpc) is 3.06. The molecule has 0 radical (unpaired) electrons. The van der Waals surface area contributed by atoms with Crippen molar-refractivity contribution >= 4 is 16.9 Å². The minimum Gasteiger partial charge on any atom is -0.355 e. The molecule has 0 atom stereocenters. The number of piperidine rings is 1. The van der Waals surface area contributed by atoms with Crippen LogP contribution >= 0.6 is 0 Å². The molecule has 0 bridgehead atoms. The Morgan fingerprint density at radius 1 is 1.16 bits per heavy atom. The van der Waals surface area contributed by atoms with Crippen LogP contribution in [0.2, 0.25) is 0 Å². The fraction of sp³-hybridized carbons (Fsp3) is 0.350. The highest BCUT2D eigenvalue weighted by atomic mass is 15.2. The number of hydrogen-bond acceptors (Lipinski definition) is 4. The van der Waals surface area contributed by atoms with Crippen LogP contribution in [0.25, 0.3) is 11.0 Å². The first kappa shape index (κ1) is 15.6. The van der Waals surface area contributed by atoms with Gasteiger partial charge in [0.15, 0.2) is 0 Å². The lowest BCUT2D eigenvalue weighted by molar-refractivity contribution is 0.394. The molecule has 1 fully saturated rings. The summed E-state index contributed by atoms with van der Waals surface area (Å²) in [5.74, 6) is 1.98. The van der Waals surface area contributed by atoms with Crippen LogP contribution < -0.4 is 4.90 Å². The van der Waals surface area contributed by atoms with E-state index in [4.69, 9.17) is 4.98 Å². The minimum atomic E-state index is 0.452. The molecule has 0 aliphatic carbocycles. The molecule has 5 nitrogen and oxygen atoms in total. The van der Waals surface area contributed by atoms with Gasteiger partial charge < -0.3 is 9.47 Å². The van der Waals surface area contributed by atoms with Gasteiger partial charge in [-0.25, -0.2) is 9.97 Å². The van der Waals surface area contributed by atoms with Crippen LogP contribution in [-0.2, 0) is 6.42 Å². The molecule has 4 rings (SSSR count). The molecule has 1 aromatic carbocycles. The lowest BCUT2D eigenvalue weighted by atomic mass is 10.0. The summed E-state index contributed by atoms with van der Waals surface area (Å²) in [5, 5.41) is 9.31. The molecule has 0 unspecified atom stereocenters. The molecule has 0 N–H and O–H groups in total. The van der Waals surface area contributed by atoms with Crippen LogP contribution in [0, 0.1) is 11.3 Å². The number of aromatic nitrogens is 3. The standard InChI is InChI=1S/C20H21N5/c1-2-19-23-17-7-3-4-8-18(17)25(19)16-9-12-24(13-10-16)20-15(14-21)6-5-11-22-20/h3-8,11,16H,2,9-10,12-13H2,1H3. The first-order valence-corrected chi connectivity index (χ1v) is 8.87. The van der Waals surface area contributed by atoms with Crippen molar-refractivity contribution in [2.75, 3.05) is 18.0 Å². The summed E-state index contributed by atoms with van der Waals surface area (Å²) in [6, 6.07) is 14.8. The van der Waals surface area contributed by atoms with Gasteiger partial charge in [-0.1, -0.05) is 19.1 Å². The number of benzene rings is 1.